The van der Waals surface area contributed by atoms with Crippen LogP contribution >= 0.6 is 12.4 Å². The SMILES string of the molecule is CCCCc1ccc(N(C)C(=O)c2cn(C3CCNCC3)nn2)cc1.Cl. The summed E-state index contributed by atoms with van der Waals surface area (Å²) in [6, 6.07) is 8.53. The van der Waals surface area contributed by atoms with Crippen LogP contribution in [0, 0.1) is 0 Å². The number of nitrogens with zero attached hydrogens (tertiary/aromatic N) is 4. The molecule has 0 spiro atoms. The maximum absolute atomic E-state index is 12.7. The molecular formula is C19H28ClN5O. The Balaban J connectivity index is 0.00000243. The quantitative estimate of drug-likeness (QED) is 0.839. The lowest BCUT2D eigenvalue weighted by atomic mass is 10.1. The number of unbranched alkanes of at least 4 members (excludes halogenated alkanes) is 1. The topological polar surface area (TPSA) is 63.1 Å². The Bertz CT molecular complexity index is 694. The minimum absolute atomic E-state index is 0. The highest BCUT2D eigenvalue weighted by atomic mass is 35.5. The van der Waals surface area contributed by atoms with E-state index in [-0.39, 0.29) is 18.3 Å². The monoisotopic (exact) mass is 377 g/mol. The second-order valence-corrected chi connectivity index (χ2v) is 6.70. The van der Waals surface area contributed by atoms with Crippen LogP contribution in [-0.4, -0.2) is 41.0 Å². The summed E-state index contributed by atoms with van der Waals surface area (Å²) < 4.78 is 1.84. The van der Waals surface area contributed by atoms with Gasteiger partial charge < -0.3 is 10.2 Å². The Morgan fingerprint density at radius 1 is 1.27 bits per heavy atom. The molecule has 2 aromatic rings. The molecule has 1 aromatic carbocycles. The van der Waals surface area contributed by atoms with Crippen LogP contribution in [0.4, 0.5) is 5.69 Å². The van der Waals surface area contributed by atoms with E-state index in [1.165, 1.54) is 18.4 Å². The van der Waals surface area contributed by atoms with Crippen molar-refractivity contribution in [3.63, 3.8) is 0 Å². The largest absolute Gasteiger partial charge is 0.317 e. The van der Waals surface area contributed by atoms with E-state index < -0.39 is 0 Å². The van der Waals surface area contributed by atoms with Crippen LogP contribution in [0.1, 0.15) is 54.7 Å². The molecule has 0 bridgehead atoms. The fourth-order valence-corrected chi connectivity index (χ4v) is 3.18. The molecule has 1 amide bonds. The first kappa shape index (κ1) is 20.4. The first-order chi connectivity index (χ1) is 12.2. The van der Waals surface area contributed by atoms with Crippen LogP contribution < -0.4 is 10.2 Å². The van der Waals surface area contributed by atoms with E-state index in [2.05, 4.69) is 34.7 Å². The van der Waals surface area contributed by atoms with Crippen LogP contribution in [-0.2, 0) is 6.42 Å². The normalized spacial score (nSPS) is 14.7. The number of hydrogen-bond donors (Lipinski definition) is 1. The van der Waals surface area contributed by atoms with Gasteiger partial charge in [-0.1, -0.05) is 30.7 Å². The number of amides is 1. The second kappa shape index (κ2) is 9.69. The Hall–Kier alpha value is -1.92. The Labute approximate surface area is 161 Å². The number of nitrogens with one attached hydrogen (secondary N) is 1. The van der Waals surface area contributed by atoms with Gasteiger partial charge in [-0.3, -0.25) is 4.79 Å². The molecule has 3 rings (SSSR count). The molecule has 0 saturated carbocycles. The van der Waals surface area contributed by atoms with Crippen molar-refractivity contribution in [3.05, 3.63) is 41.7 Å². The Kier molecular flexibility index (Phi) is 7.60. The third-order valence-electron chi connectivity index (χ3n) is 4.86. The van der Waals surface area contributed by atoms with Gasteiger partial charge in [0.05, 0.1) is 12.2 Å². The molecule has 7 heteroatoms. The number of hydrogen-bond acceptors (Lipinski definition) is 4. The molecule has 0 atom stereocenters. The van der Waals surface area contributed by atoms with E-state index in [1.54, 1.807) is 18.1 Å². The lowest BCUT2D eigenvalue weighted by molar-refractivity contribution is 0.0988. The van der Waals surface area contributed by atoms with Crippen LogP contribution in [0.2, 0.25) is 0 Å². The molecule has 2 heterocycles. The molecule has 0 aliphatic carbocycles. The minimum atomic E-state index is -0.124. The number of carbonyl (C=O) groups is 1. The zero-order valence-corrected chi connectivity index (χ0v) is 16.3. The van der Waals surface area contributed by atoms with E-state index in [4.69, 9.17) is 0 Å². The van der Waals surface area contributed by atoms with E-state index in [9.17, 15) is 4.79 Å². The van der Waals surface area contributed by atoms with Gasteiger partial charge in [-0.25, -0.2) is 4.68 Å². The molecule has 0 radical (unpaired) electrons. The highest BCUT2D eigenvalue weighted by Gasteiger charge is 2.21. The number of piperidine rings is 1. The number of anilines is 1. The smallest absolute Gasteiger partial charge is 0.280 e. The molecule has 1 aliphatic rings. The number of halogens is 1. The van der Waals surface area contributed by atoms with Gasteiger partial charge in [-0.2, -0.15) is 0 Å². The number of aromatic nitrogens is 3. The molecule has 1 N–H and O–H groups in total. The molecule has 0 unspecified atom stereocenters. The predicted octanol–water partition coefficient (Wildman–Crippen LogP) is 3.24. The van der Waals surface area contributed by atoms with Crippen molar-refractivity contribution >= 4 is 24.0 Å². The number of aryl methyl sites for hydroxylation is 1. The van der Waals surface area contributed by atoms with Gasteiger partial charge in [0.25, 0.3) is 5.91 Å². The van der Waals surface area contributed by atoms with E-state index in [1.807, 2.05) is 16.8 Å². The maximum Gasteiger partial charge on any atom is 0.280 e. The van der Waals surface area contributed by atoms with Gasteiger partial charge in [0.1, 0.15) is 0 Å². The van der Waals surface area contributed by atoms with Crippen LogP contribution in [0.3, 0.4) is 0 Å². The summed E-state index contributed by atoms with van der Waals surface area (Å²) in [6.45, 7) is 4.16. The van der Waals surface area contributed by atoms with Crippen molar-refractivity contribution in [1.29, 1.82) is 0 Å². The average Bonchev–Trinajstić information content (AvgIpc) is 3.16. The lowest BCUT2D eigenvalue weighted by Gasteiger charge is -2.22. The number of benzene rings is 1. The van der Waals surface area contributed by atoms with Gasteiger partial charge in [0.15, 0.2) is 5.69 Å². The van der Waals surface area contributed by atoms with Crippen molar-refractivity contribution in [3.8, 4) is 0 Å². The summed E-state index contributed by atoms with van der Waals surface area (Å²) >= 11 is 0. The first-order valence-corrected chi connectivity index (χ1v) is 9.18. The summed E-state index contributed by atoms with van der Waals surface area (Å²) in [7, 11) is 1.78. The molecule has 1 aliphatic heterocycles. The molecule has 26 heavy (non-hydrogen) atoms. The van der Waals surface area contributed by atoms with E-state index >= 15 is 0 Å². The predicted molar refractivity (Wildman–Crippen MR) is 106 cm³/mol. The van der Waals surface area contributed by atoms with Crippen molar-refractivity contribution < 1.29 is 4.79 Å². The summed E-state index contributed by atoms with van der Waals surface area (Å²) in [5.74, 6) is -0.124. The van der Waals surface area contributed by atoms with E-state index in [0.717, 1.165) is 38.0 Å². The fraction of sp³-hybridized carbons (Fsp3) is 0.526. The van der Waals surface area contributed by atoms with Crippen molar-refractivity contribution in [1.82, 2.24) is 20.3 Å². The Morgan fingerprint density at radius 3 is 2.62 bits per heavy atom. The zero-order valence-electron chi connectivity index (χ0n) is 15.5. The minimum Gasteiger partial charge on any atom is -0.317 e. The summed E-state index contributed by atoms with van der Waals surface area (Å²) in [4.78, 5) is 14.3. The average molecular weight is 378 g/mol. The summed E-state index contributed by atoms with van der Waals surface area (Å²) in [5.41, 5.74) is 2.58. The molecule has 1 aromatic heterocycles. The maximum atomic E-state index is 12.7. The standard InChI is InChI=1S/C19H27N5O.ClH/c1-3-4-5-15-6-8-16(9-7-15)23(2)19(25)18-14-24(22-21-18)17-10-12-20-13-11-17;/h6-9,14,17,20H,3-5,10-13H2,1-2H3;1H. The van der Waals surface area contributed by atoms with Crippen LogP contribution in [0.5, 0.6) is 0 Å². The fourth-order valence-electron chi connectivity index (χ4n) is 3.18. The molecule has 1 fully saturated rings. The second-order valence-electron chi connectivity index (χ2n) is 6.70. The molecule has 6 nitrogen and oxygen atoms in total. The molecular weight excluding hydrogens is 350 g/mol. The third-order valence-corrected chi connectivity index (χ3v) is 4.86. The summed E-state index contributed by atoms with van der Waals surface area (Å²) in [5, 5.41) is 11.6. The van der Waals surface area contributed by atoms with Gasteiger partial charge in [0.2, 0.25) is 0 Å². The van der Waals surface area contributed by atoms with Crippen molar-refractivity contribution in [2.45, 2.75) is 45.1 Å². The molecule has 142 valence electrons. The van der Waals surface area contributed by atoms with Crippen molar-refractivity contribution in [2.75, 3.05) is 25.0 Å². The Morgan fingerprint density at radius 2 is 1.96 bits per heavy atom. The zero-order chi connectivity index (χ0) is 17.6. The van der Waals surface area contributed by atoms with Gasteiger partial charge in [-0.15, -0.1) is 17.5 Å². The number of carbonyl (C=O) groups excluding carboxylic acids is 1. The van der Waals surface area contributed by atoms with Crippen LogP contribution in [0.25, 0.3) is 0 Å². The van der Waals surface area contributed by atoms with Gasteiger partial charge in [-0.05, 0) is 56.5 Å². The van der Waals surface area contributed by atoms with Crippen LogP contribution in [0.15, 0.2) is 30.5 Å². The highest BCUT2D eigenvalue weighted by molar-refractivity contribution is 6.04. The lowest BCUT2D eigenvalue weighted by Crippen LogP contribution is -2.29. The molecule has 1 saturated heterocycles. The van der Waals surface area contributed by atoms with E-state index in [0.29, 0.717) is 11.7 Å². The number of rotatable bonds is 6. The van der Waals surface area contributed by atoms with Gasteiger partial charge in [0, 0.05) is 12.7 Å². The van der Waals surface area contributed by atoms with Crippen molar-refractivity contribution in [2.24, 2.45) is 0 Å². The summed E-state index contributed by atoms with van der Waals surface area (Å²) in [6.07, 6.45) is 7.28. The highest BCUT2D eigenvalue weighted by Crippen LogP contribution is 2.19. The third kappa shape index (κ3) is 4.83. The van der Waals surface area contributed by atoms with Gasteiger partial charge >= 0.3 is 0 Å². The first-order valence-electron chi connectivity index (χ1n) is 9.18.